The zero-order valence-electron chi connectivity index (χ0n) is 14.5. The molecule has 3 N–H and O–H groups in total. The van der Waals surface area contributed by atoms with Crippen molar-refractivity contribution in [3.05, 3.63) is 32.1 Å². The highest BCUT2D eigenvalue weighted by molar-refractivity contribution is 7.51. The highest BCUT2D eigenvalue weighted by Gasteiger charge is 2.25. The molecule has 0 atom stereocenters. The molecule has 1 rings (SSSR count). The number of carbonyl (C=O) groups is 1. The topological polar surface area (TPSA) is 142 Å². The van der Waals surface area contributed by atoms with Gasteiger partial charge in [0, 0.05) is 24.3 Å². The summed E-state index contributed by atoms with van der Waals surface area (Å²) in [5.41, 5.74) is -0.326. The first-order valence-electron chi connectivity index (χ1n) is 7.83. The van der Waals surface area contributed by atoms with Crippen molar-refractivity contribution in [2.75, 3.05) is 19.4 Å². The summed E-state index contributed by atoms with van der Waals surface area (Å²) in [4.78, 5) is 56.1. The number of carbonyl (C=O) groups excluding carboxylic acids is 1. The van der Waals surface area contributed by atoms with Crippen LogP contribution in [-0.2, 0) is 28.9 Å². The molecular formula is C14H24N3O7P. The number of hydrogen-bond donors (Lipinski definition) is 3. The number of aliphatic hydroxyl groups is 1. The van der Waals surface area contributed by atoms with Gasteiger partial charge >= 0.3 is 13.3 Å². The minimum Gasteiger partial charge on any atom is -0.395 e. The van der Waals surface area contributed by atoms with E-state index in [0.717, 1.165) is 14.0 Å². The molecule has 25 heavy (non-hydrogen) atoms. The summed E-state index contributed by atoms with van der Waals surface area (Å²) in [5.74, 6) is -0.727. The van der Waals surface area contributed by atoms with Crippen LogP contribution in [0.4, 0.5) is 0 Å². The Kier molecular flexibility index (Phi) is 7.30. The second kappa shape index (κ2) is 8.57. The first-order valence-corrected chi connectivity index (χ1v) is 9.63. The van der Waals surface area contributed by atoms with Crippen molar-refractivity contribution in [2.24, 2.45) is 0 Å². The summed E-state index contributed by atoms with van der Waals surface area (Å²) in [6.07, 6.45) is -0.512. The third-order valence-corrected chi connectivity index (χ3v) is 4.52. The van der Waals surface area contributed by atoms with E-state index >= 15 is 0 Å². The fraction of sp³-hybridized carbons (Fsp3) is 0.643. The SMILES string of the molecule is CCc1c(C)c(=O)n(CC)c(=O)n1CC(=O)N(CCO)CP(=O)(O)O. The summed E-state index contributed by atoms with van der Waals surface area (Å²) in [7, 11) is -4.52. The lowest BCUT2D eigenvalue weighted by Gasteiger charge is -2.24. The smallest absolute Gasteiger partial charge is 0.344 e. The fourth-order valence-electron chi connectivity index (χ4n) is 2.63. The standard InChI is InChI=1S/C14H24N3O7P/c1-4-11-10(3)13(20)16(5-2)14(21)17(11)8-12(19)15(6-7-18)9-25(22,23)24/h18H,4-9H2,1-3H3,(H2,22,23,24). The second-order valence-electron chi connectivity index (χ2n) is 5.53. The van der Waals surface area contributed by atoms with Gasteiger partial charge in [-0.05, 0) is 20.3 Å². The zero-order chi connectivity index (χ0) is 19.4. The van der Waals surface area contributed by atoms with E-state index in [2.05, 4.69) is 0 Å². The Morgan fingerprint density at radius 2 is 1.80 bits per heavy atom. The molecule has 0 aliphatic rings. The maximum Gasteiger partial charge on any atom is 0.344 e. The molecule has 1 aromatic heterocycles. The van der Waals surface area contributed by atoms with Crippen LogP contribution in [-0.4, -0.2) is 54.3 Å². The molecule has 142 valence electrons. The Hall–Kier alpha value is -1.74. The van der Waals surface area contributed by atoms with Gasteiger partial charge in [-0.25, -0.2) is 4.79 Å². The second-order valence-corrected chi connectivity index (χ2v) is 7.14. The average Bonchev–Trinajstić information content (AvgIpc) is 2.51. The molecule has 1 amide bonds. The molecule has 0 saturated carbocycles. The van der Waals surface area contributed by atoms with E-state index in [0.29, 0.717) is 17.7 Å². The van der Waals surface area contributed by atoms with Gasteiger partial charge in [-0.1, -0.05) is 6.92 Å². The van der Waals surface area contributed by atoms with Crippen LogP contribution in [0.15, 0.2) is 9.59 Å². The van der Waals surface area contributed by atoms with Gasteiger partial charge in [-0.3, -0.25) is 23.3 Å². The average molecular weight is 377 g/mol. The van der Waals surface area contributed by atoms with E-state index in [1.54, 1.807) is 20.8 Å². The zero-order valence-corrected chi connectivity index (χ0v) is 15.4. The summed E-state index contributed by atoms with van der Waals surface area (Å²) in [6.45, 7) is 3.85. The van der Waals surface area contributed by atoms with Crippen molar-refractivity contribution in [2.45, 2.75) is 40.3 Å². The maximum atomic E-state index is 12.5. The number of amides is 1. The Morgan fingerprint density at radius 3 is 2.24 bits per heavy atom. The molecule has 11 heteroatoms. The molecule has 0 radical (unpaired) electrons. The first kappa shape index (κ1) is 21.3. The van der Waals surface area contributed by atoms with E-state index in [-0.39, 0.29) is 13.1 Å². The highest BCUT2D eigenvalue weighted by atomic mass is 31.2. The number of aromatic nitrogens is 2. The van der Waals surface area contributed by atoms with Crippen molar-refractivity contribution in [1.29, 1.82) is 0 Å². The molecular weight excluding hydrogens is 353 g/mol. The van der Waals surface area contributed by atoms with Crippen LogP contribution in [0.5, 0.6) is 0 Å². The molecule has 0 aliphatic carbocycles. The predicted molar refractivity (Wildman–Crippen MR) is 90.5 cm³/mol. The fourth-order valence-corrected chi connectivity index (χ4v) is 3.37. The number of aliphatic hydroxyl groups excluding tert-OH is 1. The summed E-state index contributed by atoms with van der Waals surface area (Å²) < 4.78 is 13.3. The highest BCUT2D eigenvalue weighted by Crippen LogP contribution is 2.35. The molecule has 0 saturated heterocycles. The number of rotatable bonds is 8. The molecule has 0 spiro atoms. The van der Waals surface area contributed by atoms with Crippen LogP contribution in [0.25, 0.3) is 0 Å². The van der Waals surface area contributed by atoms with Crippen LogP contribution >= 0.6 is 7.60 Å². The molecule has 0 aromatic carbocycles. The first-order chi connectivity index (χ1) is 11.6. The molecule has 1 heterocycles. The Morgan fingerprint density at radius 1 is 1.20 bits per heavy atom. The monoisotopic (exact) mass is 377 g/mol. The molecule has 0 unspecified atom stereocenters. The van der Waals surface area contributed by atoms with E-state index in [9.17, 15) is 18.9 Å². The largest absolute Gasteiger partial charge is 0.395 e. The number of nitrogens with zero attached hydrogens (tertiary/aromatic N) is 3. The minimum atomic E-state index is -4.52. The maximum absolute atomic E-state index is 12.5. The van der Waals surface area contributed by atoms with E-state index in [4.69, 9.17) is 14.9 Å². The molecule has 0 fully saturated rings. The van der Waals surface area contributed by atoms with E-state index in [1.165, 1.54) is 0 Å². The molecule has 10 nitrogen and oxygen atoms in total. The Bertz CT molecular complexity index is 793. The molecule has 0 bridgehead atoms. The van der Waals surface area contributed by atoms with Crippen molar-refractivity contribution in [1.82, 2.24) is 14.0 Å². The van der Waals surface area contributed by atoms with Crippen LogP contribution in [0.2, 0.25) is 0 Å². The van der Waals surface area contributed by atoms with Crippen LogP contribution in [0, 0.1) is 6.92 Å². The summed E-state index contributed by atoms with van der Waals surface area (Å²) in [6, 6.07) is 0. The quantitative estimate of drug-likeness (QED) is 0.486. The van der Waals surface area contributed by atoms with Crippen LogP contribution < -0.4 is 11.2 Å². The van der Waals surface area contributed by atoms with Crippen LogP contribution in [0.1, 0.15) is 25.1 Å². The van der Waals surface area contributed by atoms with Gasteiger partial charge < -0.3 is 19.8 Å². The Balaban J connectivity index is 3.35. The van der Waals surface area contributed by atoms with Gasteiger partial charge in [0.15, 0.2) is 0 Å². The Labute approximate surface area is 144 Å². The van der Waals surface area contributed by atoms with Gasteiger partial charge in [0.1, 0.15) is 12.8 Å². The van der Waals surface area contributed by atoms with Gasteiger partial charge in [-0.15, -0.1) is 0 Å². The third-order valence-electron chi connectivity index (χ3n) is 3.81. The third kappa shape index (κ3) is 5.12. The van der Waals surface area contributed by atoms with Crippen LogP contribution in [0.3, 0.4) is 0 Å². The van der Waals surface area contributed by atoms with Crippen molar-refractivity contribution in [3.8, 4) is 0 Å². The van der Waals surface area contributed by atoms with Gasteiger partial charge in [0.05, 0.1) is 6.61 Å². The van der Waals surface area contributed by atoms with Crippen molar-refractivity contribution >= 4 is 13.5 Å². The number of hydrogen-bond acceptors (Lipinski definition) is 5. The van der Waals surface area contributed by atoms with E-state index < -0.39 is 44.2 Å². The van der Waals surface area contributed by atoms with Gasteiger partial charge in [0.25, 0.3) is 5.56 Å². The minimum absolute atomic E-state index is 0.138. The van der Waals surface area contributed by atoms with Crippen molar-refractivity contribution < 1.29 is 24.3 Å². The normalized spacial score (nSPS) is 11.6. The molecule has 0 aliphatic heterocycles. The lowest BCUT2D eigenvalue weighted by Crippen LogP contribution is -2.46. The van der Waals surface area contributed by atoms with Gasteiger partial charge in [-0.2, -0.15) is 0 Å². The summed E-state index contributed by atoms with van der Waals surface area (Å²) >= 11 is 0. The van der Waals surface area contributed by atoms with E-state index in [1.807, 2.05) is 0 Å². The van der Waals surface area contributed by atoms with Crippen molar-refractivity contribution in [3.63, 3.8) is 0 Å². The van der Waals surface area contributed by atoms with Gasteiger partial charge in [0.2, 0.25) is 5.91 Å². The lowest BCUT2D eigenvalue weighted by atomic mass is 10.2. The predicted octanol–water partition coefficient (Wildman–Crippen LogP) is -1.14. The lowest BCUT2D eigenvalue weighted by molar-refractivity contribution is -0.131. The summed E-state index contributed by atoms with van der Waals surface area (Å²) in [5, 5.41) is 9.01. The molecule has 1 aromatic rings.